The summed E-state index contributed by atoms with van der Waals surface area (Å²) in [5.74, 6) is -0.304. The molecule has 0 saturated heterocycles. The number of sulfonamides is 1. The number of carbonyl (C=O) groups is 1. The average molecular weight is 347 g/mol. The first-order valence-corrected chi connectivity index (χ1v) is 9.20. The zero-order valence-corrected chi connectivity index (χ0v) is 15.0. The van der Waals surface area contributed by atoms with E-state index in [2.05, 4.69) is 5.32 Å². The highest BCUT2D eigenvalue weighted by Gasteiger charge is 2.25. The van der Waals surface area contributed by atoms with Gasteiger partial charge in [0.25, 0.3) is 5.91 Å². The summed E-state index contributed by atoms with van der Waals surface area (Å²) < 4.78 is 26.5. The van der Waals surface area contributed by atoms with E-state index in [4.69, 9.17) is 11.6 Å². The van der Waals surface area contributed by atoms with Gasteiger partial charge < -0.3 is 5.32 Å². The molecule has 1 N–H and O–H groups in total. The molecule has 0 aliphatic carbocycles. The fourth-order valence-corrected chi connectivity index (χ4v) is 3.91. The second-order valence-corrected chi connectivity index (χ2v) is 7.33. The summed E-state index contributed by atoms with van der Waals surface area (Å²) in [4.78, 5) is 12.1. The third-order valence-electron chi connectivity index (χ3n) is 3.51. The molecule has 124 valence electrons. The number of nitrogens with one attached hydrogen (secondary N) is 1. The molecule has 1 amide bonds. The Balaban J connectivity index is 3.23. The van der Waals surface area contributed by atoms with Crippen LogP contribution >= 0.6 is 11.6 Å². The summed E-state index contributed by atoms with van der Waals surface area (Å²) in [6, 6.07) is 4.34. The predicted molar refractivity (Wildman–Crippen MR) is 88.8 cm³/mol. The summed E-state index contributed by atoms with van der Waals surface area (Å²) in [5, 5.41) is 2.93. The van der Waals surface area contributed by atoms with E-state index in [-0.39, 0.29) is 27.4 Å². The van der Waals surface area contributed by atoms with Gasteiger partial charge >= 0.3 is 0 Å². The molecule has 1 aromatic carbocycles. The van der Waals surface area contributed by atoms with Gasteiger partial charge in [-0.25, -0.2) is 8.42 Å². The van der Waals surface area contributed by atoms with Crippen LogP contribution in [0, 0.1) is 0 Å². The van der Waals surface area contributed by atoms with E-state index in [0.717, 1.165) is 6.42 Å². The number of nitrogens with zero attached hydrogens (tertiary/aromatic N) is 1. The molecule has 1 aromatic rings. The van der Waals surface area contributed by atoms with Gasteiger partial charge in [0.15, 0.2) is 0 Å². The molecule has 0 aromatic heterocycles. The van der Waals surface area contributed by atoms with Crippen LogP contribution in [0.4, 0.5) is 0 Å². The molecule has 0 radical (unpaired) electrons. The first-order chi connectivity index (χ1) is 10.3. The Bertz CT molecular complexity index is 628. The minimum Gasteiger partial charge on any atom is -0.350 e. The Morgan fingerprint density at radius 2 is 1.86 bits per heavy atom. The number of halogens is 1. The van der Waals surface area contributed by atoms with E-state index in [0.29, 0.717) is 13.1 Å². The van der Waals surface area contributed by atoms with Crippen LogP contribution in [-0.2, 0) is 10.0 Å². The maximum absolute atomic E-state index is 12.6. The summed E-state index contributed by atoms with van der Waals surface area (Å²) in [6.45, 7) is 8.06. The molecule has 1 atom stereocenters. The van der Waals surface area contributed by atoms with Crippen LogP contribution in [0.3, 0.4) is 0 Å². The van der Waals surface area contributed by atoms with Crippen LogP contribution < -0.4 is 5.32 Å². The lowest BCUT2D eigenvalue weighted by molar-refractivity contribution is 0.0939. The van der Waals surface area contributed by atoms with Gasteiger partial charge in [-0.2, -0.15) is 4.31 Å². The third kappa shape index (κ3) is 4.21. The van der Waals surface area contributed by atoms with Crippen molar-refractivity contribution < 1.29 is 13.2 Å². The van der Waals surface area contributed by atoms with Gasteiger partial charge in [0.1, 0.15) is 4.90 Å². The zero-order chi connectivity index (χ0) is 16.9. The maximum atomic E-state index is 12.6. The normalized spacial score (nSPS) is 13.2. The van der Waals surface area contributed by atoms with Crippen LogP contribution in [0.2, 0.25) is 5.02 Å². The van der Waals surface area contributed by atoms with E-state index in [9.17, 15) is 13.2 Å². The number of carbonyl (C=O) groups excluding carboxylic acids is 1. The maximum Gasteiger partial charge on any atom is 0.251 e. The molecule has 0 fully saturated rings. The number of hydrogen-bond donors (Lipinski definition) is 1. The van der Waals surface area contributed by atoms with Crippen molar-refractivity contribution in [1.29, 1.82) is 0 Å². The molecule has 5 nitrogen and oxygen atoms in total. The van der Waals surface area contributed by atoms with Crippen LogP contribution in [0.5, 0.6) is 0 Å². The first-order valence-electron chi connectivity index (χ1n) is 7.38. The van der Waals surface area contributed by atoms with E-state index in [1.54, 1.807) is 13.8 Å². The Hall–Kier alpha value is -1.11. The smallest absolute Gasteiger partial charge is 0.251 e. The van der Waals surface area contributed by atoms with Gasteiger partial charge in [-0.15, -0.1) is 0 Å². The molecule has 0 aliphatic heterocycles. The molecular weight excluding hydrogens is 324 g/mol. The summed E-state index contributed by atoms with van der Waals surface area (Å²) in [6.07, 6.45) is 0.796. The lowest BCUT2D eigenvalue weighted by Gasteiger charge is -2.20. The van der Waals surface area contributed by atoms with Gasteiger partial charge in [-0.3, -0.25) is 4.79 Å². The van der Waals surface area contributed by atoms with E-state index >= 15 is 0 Å². The third-order valence-corrected chi connectivity index (χ3v) is 6.04. The van der Waals surface area contributed by atoms with E-state index in [1.807, 2.05) is 13.8 Å². The number of amides is 1. The Kier molecular flexibility index (Phi) is 6.84. The van der Waals surface area contributed by atoms with Crippen LogP contribution in [0.1, 0.15) is 44.5 Å². The molecule has 0 heterocycles. The second-order valence-electron chi connectivity index (χ2n) is 5.02. The van der Waals surface area contributed by atoms with Crippen molar-refractivity contribution in [1.82, 2.24) is 9.62 Å². The minimum absolute atomic E-state index is 0.0195. The second kappa shape index (κ2) is 7.94. The van der Waals surface area contributed by atoms with Crippen LogP contribution in [0.15, 0.2) is 23.1 Å². The lowest BCUT2D eigenvalue weighted by Crippen LogP contribution is -2.33. The Morgan fingerprint density at radius 1 is 1.27 bits per heavy atom. The van der Waals surface area contributed by atoms with E-state index in [1.165, 1.54) is 22.5 Å². The lowest BCUT2D eigenvalue weighted by atomic mass is 10.2. The van der Waals surface area contributed by atoms with Crippen molar-refractivity contribution in [3.8, 4) is 0 Å². The molecule has 22 heavy (non-hydrogen) atoms. The van der Waals surface area contributed by atoms with Crippen molar-refractivity contribution in [3.63, 3.8) is 0 Å². The highest BCUT2D eigenvalue weighted by molar-refractivity contribution is 7.89. The van der Waals surface area contributed by atoms with Crippen LogP contribution in [0.25, 0.3) is 0 Å². The molecule has 0 unspecified atom stereocenters. The monoisotopic (exact) mass is 346 g/mol. The fourth-order valence-electron chi connectivity index (χ4n) is 1.95. The molecule has 0 bridgehead atoms. The molecule has 0 aliphatic rings. The van der Waals surface area contributed by atoms with Gasteiger partial charge in [-0.1, -0.05) is 32.4 Å². The molecular formula is C15H23ClN2O3S. The Morgan fingerprint density at radius 3 is 2.36 bits per heavy atom. The van der Waals surface area contributed by atoms with Crippen molar-refractivity contribution >= 4 is 27.5 Å². The topological polar surface area (TPSA) is 66.5 Å². The molecule has 0 spiro atoms. The Labute approximate surface area is 137 Å². The summed E-state index contributed by atoms with van der Waals surface area (Å²) in [7, 11) is -3.70. The van der Waals surface area contributed by atoms with Gasteiger partial charge in [0, 0.05) is 24.7 Å². The van der Waals surface area contributed by atoms with Gasteiger partial charge in [0.05, 0.1) is 5.02 Å². The van der Waals surface area contributed by atoms with Crippen molar-refractivity contribution in [2.24, 2.45) is 0 Å². The number of rotatable bonds is 7. The van der Waals surface area contributed by atoms with Crippen molar-refractivity contribution in [3.05, 3.63) is 28.8 Å². The predicted octanol–water partition coefficient (Wildman–Crippen LogP) is 2.90. The largest absolute Gasteiger partial charge is 0.350 e. The fraction of sp³-hybridized carbons (Fsp3) is 0.533. The molecule has 1 rings (SSSR count). The summed E-state index contributed by atoms with van der Waals surface area (Å²) in [5.41, 5.74) is 0.287. The zero-order valence-electron chi connectivity index (χ0n) is 13.4. The highest BCUT2D eigenvalue weighted by Crippen LogP contribution is 2.26. The highest BCUT2D eigenvalue weighted by atomic mass is 35.5. The average Bonchev–Trinajstić information content (AvgIpc) is 2.48. The number of benzene rings is 1. The van der Waals surface area contributed by atoms with Crippen molar-refractivity contribution in [2.45, 2.75) is 45.1 Å². The first kappa shape index (κ1) is 18.9. The van der Waals surface area contributed by atoms with E-state index < -0.39 is 10.0 Å². The standard InChI is InChI=1S/C15H23ClN2O3S/c1-5-11(4)17-15(19)12-8-9-13(16)14(10-12)22(20,21)18(6-2)7-3/h8-11H,5-7H2,1-4H3,(H,17,19)/t11-/m1/s1. The molecule has 7 heteroatoms. The van der Waals surface area contributed by atoms with Crippen LogP contribution in [-0.4, -0.2) is 37.8 Å². The number of hydrogen-bond acceptors (Lipinski definition) is 3. The summed E-state index contributed by atoms with van der Waals surface area (Å²) >= 11 is 6.04. The quantitative estimate of drug-likeness (QED) is 0.825. The SMILES string of the molecule is CC[C@@H](C)NC(=O)c1ccc(Cl)c(S(=O)(=O)N(CC)CC)c1. The van der Waals surface area contributed by atoms with Crippen molar-refractivity contribution in [2.75, 3.05) is 13.1 Å². The van der Waals surface area contributed by atoms with Gasteiger partial charge in [0.2, 0.25) is 10.0 Å². The molecule has 0 saturated carbocycles. The minimum atomic E-state index is -3.70. The van der Waals surface area contributed by atoms with Gasteiger partial charge in [-0.05, 0) is 31.5 Å².